The molecular weight excluding hydrogens is 156 g/mol. The highest BCUT2D eigenvalue weighted by molar-refractivity contribution is 5.92. The van der Waals surface area contributed by atoms with Crippen LogP contribution in [0, 0.1) is 0 Å². The first-order valence-corrected chi connectivity index (χ1v) is 3.65. The lowest BCUT2D eigenvalue weighted by Gasteiger charge is -2.14. The molecule has 2 aliphatic heterocycles. The minimum Gasteiger partial charge on any atom is -0.351 e. The number of amides is 1. The van der Waals surface area contributed by atoms with Crippen LogP contribution in [-0.4, -0.2) is 24.6 Å². The summed E-state index contributed by atoms with van der Waals surface area (Å²) in [4.78, 5) is 19.1. The van der Waals surface area contributed by atoms with Crippen molar-refractivity contribution in [3.05, 3.63) is 11.9 Å². The number of carbonyl (C=O) groups excluding carboxylic acids is 1. The molecule has 12 heavy (non-hydrogen) atoms. The number of nitrogens with one attached hydrogen (secondary N) is 2. The predicted octanol–water partition coefficient (Wildman–Crippen LogP) is -0.624. The topological polar surface area (TPSA) is 65.8 Å². The van der Waals surface area contributed by atoms with E-state index in [2.05, 4.69) is 20.6 Å². The Kier molecular flexibility index (Phi) is 1.62. The summed E-state index contributed by atoms with van der Waals surface area (Å²) >= 11 is 0. The summed E-state index contributed by atoms with van der Waals surface area (Å²) in [7, 11) is 0. The molecule has 0 radical (unpaired) electrons. The molecule has 1 atom stereocenters. The van der Waals surface area contributed by atoms with Crippen molar-refractivity contribution in [3.63, 3.8) is 0 Å². The van der Waals surface area contributed by atoms with Gasteiger partial charge >= 0.3 is 0 Å². The van der Waals surface area contributed by atoms with E-state index in [1.807, 2.05) is 0 Å². The van der Waals surface area contributed by atoms with Gasteiger partial charge in [0.25, 0.3) is 0 Å². The Morgan fingerprint density at radius 1 is 1.50 bits per heavy atom. The number of carbonyl (C=O) groups is 1. The molecule has 0 spiro atoms. The van der Waals surface area contributed by atoms with Crippen molar-refractivity contribution >= 4 is 18.5 Å². The van der Waals surface area contributed by atoms with Gasteiger partial charge in [0.2, 0.25) is 5.91 Å². The Hall–Kier alpha value is -1.65. The lowest BCUT2D eigenvalue weighted by molar-refractivity contribution is -0.119. The maximum absolute atomic E-state index is 11.0. The molecule has 1 amide bonds. The second-order valence-electron chi connectivity index (χ2n) is 2.50. The zero-order valence-electron chi connectivity index (χ0n) is 6.32. The molecule has 0 aromatic carbocycles. The third kappa shape index (κ3) is 1.20. The maximum atomic E-state index is 11.0. The molecular formula is C7H8N4O. The Bertz CT molecular complexity index is 292. The third-order valence-corrected chi connectivity index (χ3v) is 1.61. The summed E-state index contributed by atoms with van der Waals surface area (Å²) in [5.74, 6) is -0.0496. The first kappa shape index (κ1) is 7.02. The van der Waals surface area contributed by atoms with Gasteiger partial charge in [0.05, 0.1) is 18.5 Å². The number of hydrogen-bond donors (Lipinski definition) is 2. The fourth-order valence-corrected chi connectivity index (χ4v) is 1.06. The van der Waals surface area contributed by atoms with E-state index in [0.29, 0.717) is 12.1 Å². The van der Waals surface area contributed by atoms with Crippen LogP contribution in [0.5, 0.6) is 0 Å². The molecule has 1 unspecified atom stereocenters. The molecule has 0 fully saturated rings. The van der Waals surface area contributed by atoms with Crippen LogP contribution in [-0.2, 0) is 4.79 Å². The SMILES string of the molecule is O=C1CC=NC2N=CNC=C2N1. The van der Waals surface area contributed by atoms with Crippen LogP contribution in [0.15, 0.2) is 21.9 Å². The normalized spacial score (nSPS) is 26.5. The van der Waals surface area contributed by atoms with Crippen LogP contribution < -0.4 is 10.6 Å². The van der Waals surface area contributed by atoms with E-state index < -0.39 is 0 Å². The Balaban J connectivity index is 2.26. The van der Waals surface area contributed by atoms with Crippen LogP contribution >= 0.6 is 0 Å². The summed E-state index contributed by atoms with van der Waals surface area (Å²) in [6.45, 7) is 0. The Morgan fingerprint density at radius 3 is 3.33 bits per heavy atom. The van der Waals surface area contributed by atoms with Crippen LogP contribution in [0.3, 0.4) is 0 Å². The van der Waals surface area contributed by atoms with Crippen molar-refractivity contribution in [1.29, 1.82) is 0 Å². The highest BCUT2D eigenvalue weighted by Gasteiger charge is 2.17. The van der Waals surface area contributed by atoms with Gasteiger partial charge in [-0.25, -0.2) is 4.99 Å². The molecule has 5 nitrogen and oxygen atoms in total. The first-order valence-electron chi connectivity index (χ1n) is 3.65. The van der Waals surface area contributed by atoms with Gasteiger partial charge in [0, 0.05) is 12.4 Å². The van der Waals surface area contributed by atoms with Crippen molar-refractivity contribution < 1.29 is 4.79 Å². The van der Waals surface area contributed by atoms with E-state index in [0.717, 1.165) is 0 Å². The minimum atomic E-state index is -0.266. The third-order valence-electron chi connectivity index (χ3n) is 1.61. The molecule has 0 saturated heterocycles. The highest BCUT2D eigenvalue weighted by Crippen LogP contribution is 2.09. The molecule has 0 saturated carbocycles. The van der Waals surface area contributed by atoms with E-state index >= 15 is 0 Å². The van der Waals surface area contributed by atoms with Crippen molar-refractivity contribution in [1.82, 2.24) is 10.6 Å². The second-order valence-corrected chi connectivity index (χ2v) is 2.50. The molecule has 2 heterocycles. The first-order chi connectivity index (χ1) is 5.86. The summed E-state index contributed by atoms with van der Waals surface area (Å²) in [6.07, 6.45) is 4.89. The second kappa shape index (κ2) is 2.77. The fraction of sp³-hybridized carbons (Fsp3) is 0.286. The lowest BCUT2D eigenvalue weighted by Crippen LogP contribution is -2.30. The zero-order chi connectivity index (χ0) is 8.39. The minimum absolute atomic E-state index is 0.0496. The van der Waals surface area contributed by atoms with E-state index in [9.17, 15) is 4.79 Å². The average Bonchev–Trinajstić information content (AvgIpc) is 2.25. The number of aliphatic imine (C=N–C) groups is 2. The van der Waals surface area contributed by atoms with E-state index in [1.165, 1.54) is 0 Å². The van der Waals surface area contributed by atoms with Crippen LogP contribution in [0.1, 0.15) is 6.42 Å². The highest BCUT2D eigenvalue weighted by atomic mass is 16.1. The quantitative estimate of drug-likeness (QED) is 0.501. The van der Waals surface area contributed by atoms with Crippen LogP contribution in [0.4, 0.5) is 0 Å². The fourth-order valence-electron chi connectivity index (χ4n) is 1.06. The van der Waals surface area contributed by atoms with Crippen LogP contribution in [0.2, 0.25) is 0 Å². The van der Waals surface area contributed by atoms with Gasteiger partial charge in [-0.15, -0.1) is 0 Å². The predicted molar refractivity (Wildman–Crippen MR) is 44.8 cm³/mol. The monoisotopic (exact) mass is 164 g/mol. The molecule has 2 N–H and O–H groups in total. The Labute approximate surface area is 69.3 Å². The van der Waals surface area contributed by atoms with Gasteiger partial charge in [-0.2, -0.15) is 0 Å². The number of fused-ring (bicyclic) bond motifs is 1. The smallest absolute Gasteiger partial charge is 0.229 e. The number of rotatable bonds is 0. The molecule has 5 heteroatoms. The molecule has 0 aromatic rings. The van der Waals surface area contributed by atoms with Gasteiger partial charge in [-0.3, -0.25) is 9.79 Å². The van der Waals surface area contributed by atoms with Crippen molar-refractivity contribution in [2.75, 3.05) is 0 Å². The van der Waals surface area contributed by atoms with E-state index in [4.69, 9.17) is 0 Å². The van der Waals surface area contributed by atoms with E-state index in [-0.39, 0.29) is 12.1 Å². The maximum Gasteiger partial charge on any atom is 0.229 e. The summed E-state index contributed by atoms with van der Waals surface area (Å²) in [5.41, 5.74) is 0.705. The molecule has 2 rings (SSSR count). The van der Waals surface area contributed by atoms with Crippen molar-refractivity contribution in [2.24, 2.45) is 9.98 Å². The zero-order valence-corrected chi connectivity index (χ0v) is 6.32. The molecule has 0 aliphatic carbocycles. The van der Waals surface area contributed by atoms with Gasteiger partial charge in [0.1, 0.15) is 0 Å². The number of nitrogens with zero attached hydrogens (tertiary/aromatic N) is 2. The summed E-state index contributed by atoms with van der Waals surface area (Å²) in [5, 5.41) is 5.49. The van der Waals surface area contributed by atoms with Gasteiger partial charge in [0.15, 0.2) is 6.17 Å². The summed E-state index contributed by atoms with van der Waals surface area (Å²) < 4.78 is 0. The molecule has 2 aliphatic rings. The van der Waals surface area contributed by atoms with Gasteiger partial charge < -0.3 is 10.6 Å². The summed E-state index contributed by atoms with van der Waals surface area (Å²) in [6, 6.07) is 0. The van der Waals surface area contributed by atoms with Crippen molar-refractivity contribution in [3.8, 4) is 0 Å². The largest absolute Gasteiger partial charge is 0.351 e. The van der Waals surface area contributed by atoms with Crippen molar-refractivity contribution in [2.45, 2.75) is 12.6 Å². The molecule has 0 bridgehead atoms. The molecule has 62 valence electrons. The lowest BCUT2D eigenvalue weighted by atomic mass is 10.3. The van der Waals surface area contributed by atoms with Gasteiger partial charge in [-0.1, -0.05) is 0 Å². The standard InChI is InChI=1S/C7H8N4O/c12-6-1-2-9-7-5(11-6)3-8-4-10-7/h2-4,7H,1H2,(H,8,10)(H,11,12). The van der Waals surface area contributed by atoms with Crippen LogP contribution in [0.25, 0.3) is 0 Å². The van der Waals surface area contributed by atoms with E-state index in [1.54, 1.807) is 18.8 Å². The molecule has 0 aromatic heterocycles. The Morgan fingerprint density at radius 2 is 2.42 bits per heavy atom. The van der Waals surface area contributed by atoms with Gasteiger partial charge in [-0.05, 0) is 0 Å². The average molecular weight is 164 g/mol. The number of hydrogen-bond acceptors (Lipinski definition) is 4.